The lowest BCUT2D eigenvalue weighted by Gasteiger charge is -2.32. The van der Waals surface area contributed by atoms with Crippen molar-refractivity contribution in [3.8, 4) is 17.2 Å². The van der Waals surface area contributed by atoms with Gasteiger partial charge in [0.2, 0.25) is 6.79 Å². The predicted octanol–water partition coefficient (Wildman–Crippen LogP) is 5.73. The van der Waals surface area contributed by atoms with Crippen molar-refractivity contribution >= 4 is 27.5 Å². The molecule has 0 bridgehead atoms. The van der Waals surface area contributed by atoms with Crippen LogP contribution in [-0.4, -0.2) is 37.9 Å². The van der Waals surface area contributed by atoms with Gasteiger partial charge in [-0.3, -0.25) is 0 Å². The Labute approximate surface area is 186 Å². The highest BCUT2D eigenvalue weighted by molar-refractivity contribution is 9.10. The third kappa shape index (κ3) is 5.19. The molecule has 2 aliphatic rings. The second kappa shape index (κ2) is 9.59. The molecule has 2 aliphatic heterocycles. The molecule has 4 rings (SSSR count). The van der Waals surface area contributed by atoms with Crippen molar-refractivity contribution in [1.82, 2.24) is 4.90 Å². The third-order valence-electron chi connectivity index (χ3n) is 5.78. The highest BCUT2D eigenvalue weighted by Gasteiger charge is 2.21. The molecule has 0 N–H and O–H groups in total. The van der Waals surface area contributed by atoms with Gasteiger partial charge in [0, 0.05) is 22.1 Å². The summed E-state index contributed by atoms with van der Waals surface area (Å²) in [5.41, 5.74) is 2.48. The Morgan fingerprint density at radius 2 is 1.86 bits per heavy atom. The summed E-state index contributed by atoms with van der Waals surface area (Å²) in [4.78, 5) is 2.54. The second-order valence-corrected chi connectivity index (χ2v) is 8.98. The summed E-state index contributed by atoms with van der Waals surface area (Å²) in [7, 11) is 0. The molecule has 0 radical (unpaired) electrons. The number of benzene rings is 2. The van der Waals surface area contributed by atoms with Crippen LogP contribution in [0.1, 0.15) is 30.9 Å². The van der Waals surface area contributed by atoms with E-state index in [0.29, 0.717) is 12.5 Å². The number of fused-ring (bicyclic) bond motifs is 1. The van der Waals surface area contributed by atoms with Crippen LogP contribution in [-0.2, 0) is 12.8 Å². The lowest BCUT2D eigenvalue weighted by atomic mass is 9.90. The molecule has 0 atom stereocenters. The minimum Gasteiger partial charge on any atom is -0.494 e. The quantitative estimate of drug-likeness (QED) is 0.506. The topological polar surface area (TPSA) is 30.9 Å². The van der Waals surface area contributed by atoms with E-state index in [-0.39, 0.29) is 6.79 Å². The average Bonchev–Trinajstić information content (AvgIpc) is 3.17. The first kappa shape index (κ1) is 20.8. The largest absolute Gasteiger partial charge is 0.494 e. The first-order valence-electron chi connectivity index (χ1n) is 10.3. The average molecular weight is 481 g/mol. The van der Waals surface area contributed by atoms with Crippen LogP contribution < -0.4 is 14.2 Å². The first-order valence-corrected chi connectivity index (χ1v) is 11.5. The Bertz CT molecular complexity index is 852. The number of hydrogen-bond acceptors (Lipinski definition) is 4. The molecule has 2 aromatic rings. The van der Waals surface area contributed by atoms with Crippen LogP contribution in [0.5, 0.6) is 17.2 Å². The number of nitrogens with zero attached hydrogens (tertiary/aromatic N) is 1. The predicted molar refractivity (Wildman–Crippen MR) is 119 cm³/mol. The standard InChI is InChI=1S/C23H27BrClNO3/c1-2-27-19-3-4-20(24)18(12-19)11-16-5-8-26(9-6-16)10-7-17-13-22-23(14-21(17)25)29-15-28-22/h3-4,12-14,16H,2,5-11,15H2,1H3. The highest BCUT2D eigenvalue weighted by Crippen LogP contribution is 2.37. The number of piperidine rings is 1. The molecule has 156 valence electrons. The zero-order valence-electron chi connectivity index (χ0n) is 16.8. The fraction of sp³-hybridized carbons (Fsp3) is 0.478. The van der Waals surface area contributed by atoms with E-state index < -0.39 is 0 Å². The molecular weight excluding hydrogens is 454 g/mol. The molecule has 1 fully saturated rings. The maximum Gasteiger partial charge on any atom is 0.231 e. The fourth-order valence-electron chi connectivity index (χ4n) is 4.12. The molecule has 0 aromatic heterocycles. The zero-order valence-corrected chi connectivity index (χ0v) is 19.1. The highest BCUT2D eigenvalue weighted by atomic mass is 79.9. The lowest BCUT2D eigenvalue weighted by molar-refractivity contribution is 0.174. The van der Waals surface area contributed by atoms with Crippen LogP contribution in [0.25, 0.3) is 0 Å². The molecule has 2 heterocycles. The summed E-state index contributed by atoms with van der Waals surface area (Å²) in [6.45, 7) is 6.30. The van der Waals surface area contributed by atoms with Gasteiger partial charge in [0.25, 0.3) is 0 Å². The Kier molecular flexibility index (Phi) is 6.88. The molecule has 0 saturated carbocycles. The van der Waals surface area contributed by atoms with Gasteiger partial charge in [0.05, 0.1) is 6.61 Å². The summed E-state index contributed by atoms with van der Waals surface area (Å²) in [6.07, 6.45) is 4.48. The van der Waals surface area contributed by atoms with E-state index >= 15 is 0 Å². The van der Waals surface area contributed by atoms with Crippen LogP contribution in [0.4, 0.5) is 0 Å². The molecule has 29 heavy (non-hydrogen) atoms. The Hall–Kier alpha value is -1.43. The van der Waals surface area contributed by atoms with Crippen molar-refractivity contribution in [2.24, 2.45) is 5.92 Å². The van der Waals surface area contributed by atoms with E-state index in [4.69, 9.17) is 25.8 Å². The van der Waals surface area contributed by atoms with Gasteiger partial charge in [0.1, 0.15) is 5.75 Å². The van der Waals surface area contributed by atoms with Crippen LogP contribution in [0.15, 0.2) is 34.8 Å². The molecule has 2 aromatic carbocycles. The lowest BCUT2D eigenvalue weighted by Crippen LogP contribution is -2.35. The van der Waals surface area contributed by atoms with Crippen molar-refractivity contribution in [1.29, 1.82) is 0 Å². The van der Waals surface area contributed by atoms with E-state index in [1.807, 2.05) is 25.1 Å². The molecule has 0 aliphatic carbocycles. The number of likely N-dealkylation sites (tertiary alicyclic amines) is 1. The second-order valence-electron chi connectivity index (χ2n) is 7.72. The molecule has 0 amide bonds. The maximum atomic E-state index is 6.42. The number of rotatable bonds is 7. The van der Waals surface area contributed by atoms with Gasteiger partial charge in [-0.05, 0) is 87.0 Å². The maximum absolute atomic E-state index is 6.42. The van der Waals surface area contributed by atoms with E-state index in [2.05, 4.69) is 33.0 Å². The molecule has 4 nitrogen and oxygen atoms in total. The van der Waals surface area contributed by atoms with Gasteiger partial charge >= 0.3 is 0 Å². The van der Waals surface area contributed by atoms with Crippen molar-refractivity contribution in [3.05, 3.63) is 51.0 Å². The van der Waals surface area contributed by atoms with Crippen LogP contribution in [0, 0.1) is 5.92 Å². The number of hydrogen-bond donors (Lipinski definition) is 0. The van der Waals surface area contributed by atoms with E-state index in [1.165, 1.54) is 22.9 Å². The monoisotopic (exact) mass is 479 g/mol. The van der Waals surface area contributed by atoms with Gasteiger partial charge < -0.3 is 19.1 Å². The minimum absolute atomic E-state index is 0.284. The van der Waals surface area contributed by atoms with Gasteiger partial charge in [-0.2, -0.15) is 0 Å². The minimum atomic E-state index is 0.284. The normalized spacial score (nSPS) is 16.9. The molecule has 1 saturated heterocycles. The van der Waals surface area contributed by atoms with Crippen molar-refractivity contribution in [2.75, 3.05) is 33.0 Å². The number of halogens is 2. The molecule has 0 spiro atoms. The fourth-order valence-corrected chi connectivity index (χ4v) is 4.78. The van der Waals surface area contributed by atoms with E-state index in [1.54, 1.807) is 0 Å². The van der Waals surface area contributed by atoms with Gasteiger partial charge in [0.15, 0.2) is 11.5 Å². The summed E-state index contributed by atoms with van der Waals surface area (Å²) < 4.78 is 17.7. The molecule has 0 unspecified atom stereocenters. The van der Waals surface area contributed by atoms with Crippen LogP contribution >= 0.6 is 27.5 Å². The Morgan fingerprint density at radius 3 is 2.62 bits per heavy atom. The SMILES string of the molecule is CCOc1ccc(Br)c(CC2CCN(CCc3cc4c(cc3Cl)OCO4)CC2)c1. The molecular formula is C23H27BrClNO3. The third-order valence-corrected chi connectivity index (χ3v) is 6.91. The summed E-state index contributed by atoms with van der Waals surface area (Å²) >= 11 is 10.1. The smallest absolute Gasteiger partial charge is 0.231 e. The van der Waals surface area contributed by atoms with Gasteiger partial charge in [-0.1, -0.05) is 27.5 Å². The van der Waals surface area contributed by atoms with Gasteiger partial charge in [-0.25, -0.2) is 0 Å². The Balaban J connectivity index is 1.27. The van der Waals surface area contributed by atoms with E-state index in [0.717, 1.165) is 60.3 Å². The number of ether oxygens (including phenoxy) is 3. The van der Waals surface area contributed by atoms with Crippen molar-refractivity contribution in [2.45, 2.75) is 32.6 Å². The first-order chi connectivity index (χ1) is 14.1. The Morgan fingerprint density at radius 1 is 1.10 bits per heavy atom. The van der Waals surface area contributed by atoms with Gasteiger partial charge in [-0.15, -0.1) is 0 Å². The summed E-state index contributed by atoms with van der Waals surface area (Å²) in [5.74, 6) is 3.24. The van der Waals surface area contributed by atoms with E-state index in [9.17, 15) is 0 Å². The van der Waals surface area contributed by atoms with Crippen molar-refractivity contribution < 1.29 is 14.2 Å². The van der Waals surface area contributed by atoms with Crippen LogP contribution in [0.2, 0.25) is 5.02 Å². The van der Waals surface area contributed by atoms with Crippen LogP contribution in [0.3, 0.4) is 0 Å². The van der Waals surface area contributed by atoms with Crippen molar-refractivity contribution in [3.63, 3.8) is 0 Å². The zero-order chi connectivity index (χ0) is 20.2. The molecule has 6 heteroatoms. The summed E-state index contributed by atoms with van der Waals surface area (Å²) in [6, 6.07) is 10.2. The summed E-state index contributed by atoms with van der Waals surface area (Å²) in [5, 5.41) is 0.767.